The van der Waals surface area contributed by atoms with Crippen molar-refractivity contribution in [2.45, 2.75) is 6.04 Å². The van der Waals surface area contributed by atoms with Gasteiger partial charge in [-0.25, -0.2) is 4.98 Å². The van der Waals surface area contributed by atoms with Gasteiger partial charge in [-0.05, 0) is 17.7 Å². The summed E-state index contributed by atoms with van der Waals surface area (Å²) in [6.07, 6.45) is 7.36. The molecule has 0 aliphatic rings. The molecular formula is C16H16N4. The molecule has 1 atom stereocenters. The molecule has 1 unspecified atom stereocenters. The van der Waals surface area contributed by atoms with E-state index in [1.165, 1.54) is 0 Å². The highest BCUT2D eigenvalue weighted by molar-refractivity contribution is 5.55. The van der Waals surface area contributed by atoms with Crippen LogP contribution in [0.1, 0.15) is 11.6 Å². The Bertz CT molecular complexity index is 661. The van der Waals surface area contributed by atoms with Gasteiger partial charge in [0.2, 0.25) is 0 Å². The second-order valence-electron chi connectivity index (χ2n) is 4.56. The number of imidazole rings is 1. The highest BCUT2D eigenvalue weighted by atomic mass is 15.1. The fourth-order valence-corrected chi connectivity index (χ4v) is 2.37. The molecule has 100 valence electrons. The van der Waals surface area contributed by atoms with Crippen molar-refractivity contribution in [3.05, 3.63) is 72.8 Å². The molecule has 0 saturated heterocycles. The molecule has 3 rings (SSSR count). The molecule has 0 amide bonds. The van der Waals surface area contributed by atoms with Crippen molar-refractivity contribution in [3.63, 3.8) is 0 Å². The number of benzene rings is 1. The van der Waals surface area contributed by atoms with Crippen LogP contribution >= 0.6 is 0 Å². The minimum Gasteiger partial charge on any atom is -0.328 e. The van der Waals surface area contributed by atoms with Gasteiger partial charge in [0, 0.05) is 36.9 Å². The molecule has 0 aliphatic carbocycles. The van der Waals surface area contributed by atoms with E-state index in [0.717, 1.165) is 17.0 Å². The summed E-state index contributed by atoms with van der Waals surface area (Å²) in [6.45, 7) is 0.514. The van der Waals surface area contributed by atoms with Gasteiger partial charge in [0.1, 0.15) is 5.82 Å². The Morgan fingerprint density at radius 3 is 2.45 bits per heavy atom. The lowest BCUT2D eigenvalue weighted by atomic mass is 10.1. The average Bonchev–Trinajstić information content (AvgIpc) is 2.99. The Balaban J connectivity index is 2.04. The summed E-state index contributed by atoms with van der Waals surface area (Å²) in [7, 11) is 0. The Hall–Kier alpha value is -2.46. The third-order valence-electron chi connectivity index (χ3n) is 3.35. The van der Waals surface area contributed by atoms with E-state index in [1.54, 1.807) is 12.4 Å². The first-order valence-electron chi connectivity index (χ1n) is 6.58. The van der Waals surface area contributed by atoms with Gasteiger partial charge in [-0.1, -0.05) is 30.3 Å². The fourth-order valence-electron chi connectivity index (χ4n) is 2.37. The summed E-state index contributed by atoms with van der Waals surface area (Å²) in [5.74, 6) is 0.929. The van der Waals surface area contributed by atoms with Gasteiger partial charge in [-0.3, -0.25) is 4.98 Å². The van der Waals surface area contributed by atoms with Gasteiger partial charge < -0.3 is 10.3 Å². The maximum atomic E-state index is 5.97. The molecule has 2 N–H and O–H groups in total. The highest BCUT2D eigenvalue weighted by Crippen LogP contribution is 2.24. The SMILES string of the molecule is NCC(c1ccncc1)n1ccnc1-c1ccccc1. The third kappa shape index (κ3) is 2.33. The zero-order valence-electron chi connectivity index (χ0n) is 11.1. The molecule has 4 heteroatoms. The summed E-state index contributed by atoms with van der Waals surface area (Å²) in [5, 5.41) is 0. The Morgan fingerprint density at radius 1 is 1.00 bits per heavy atom. The standard InChI is InChI=1S/C16H16N4/c17-12-15(13-6-8-18-9-7-13)20-11-10-19-16(20)14-4-2-1-3-5-14/h1-11,15H,12,17H2. The van der Waals surface area contributed by atoms with Gasteiger partial charge in [0.15, 0.2) is 0 Å². The highest BCUT2D eigenvalue weighted by Gasteiger charge is 2.16. The topological polar surface area (TPSA) is 56.7 Å². The molecule has 0 spiro atoms. The van der Waals surface area contributed by atoms with Crippen molar-refractivity contribution >= 4 is 0 Å². The maximum absolute atomic E-state index is 5.97. The van der Waals surface area contributed by atoms with Gasteiger partial charge in [0.25, 0.3) is 0 Å². The Kier molecular flexibility index (Phi) is 3.56. The van der Waals surface area contributed by atoms with E-state index >= 15 is 0 Å². The molecule has 0 bridgehead atoms. The lowest BCUT2D eigenvalue weighted by Crippen LogP contribution is -2.20. The molecule has 0 fully saturated rings. The van der Waals surface area contributed by atoms with Gasteiger partial charge >= 0.3 is 0 Å². The summed E-state index contributed by atoms with van der Waals surface area (Å²) >= 11 is 0. The van der Waals surface area contributed by atoms with E-state index in [2.05, 4.69) is 26.7 Å². The number of nitrogens with two attached hydrogens (primary N) is 1. The van der Waals surface area contributed by atoms with Crippen molar-refractivity contribution in [2.24, 2.45) is 5.73 Å². The second-order valence-corrected chi connectivity index (χ2v) is 4.56. The van der Waals surface area contributed by atoms with E-state index in [9.17, 15) is 0 Å². The van der Waals surface area contributed by atoms with E-state index in [4.69, 9.17) is 5.73 Å². The number of nitrogens with zero attached hydrogens (tertiary/aromatic N) is 3. The molecule has 3 aromatic rings. The van der Waals surface area contributed by atoms with E-state index in [1.807, 2.05) is 42.7 Å². The molecule has 2 heterocycles. The lowest BCUT2D eigenvalue weighted by molar-refractivity contribution is 0.599. The predicted molar refractivity (Wildman–Crippen MR) is 79.1 cm³/mol. The van der Waals surface area contributed by atoms with Crippen molar-refractivity contribution in [1.29, 1.82) is 0 Å². The minimum absolute atomic E-state index is 0.0655. The largest absolute Gasteiger partial charge is 0.328 e. The van der Waals surface area contributed by atoms with Crippen LogP contribution in [0.4, 0.5) is 0 Å². The first kappa shape index (κ1) is 12.6. The number of hydrogen-bond donors (Lipinski definition) is 1. The van der Waals surface area contributed by atoms with Crippen molar-refractivity contribution in [2.75, 3.05) is 6.54 Å². The van der Waals surface area contributed by atoms with E-state index in [0.29, 0.717) is 6.54 Å². The lowest BCUT2D eigenvalue weighted by Gasteiger charge is -2.19. The zero-order valence-corrected chi connectivity index (χ0v) is 11.1. The number of pyridine rings is 1. The first-order valence-corrected chi connectivity index (χ1v) is 6.58. The van der Waals surface area contributed by atoms with Crippen LogP contribution in [0, 0.1) is 0 Å². The number of aromatic nitrogens is 3. The smallest absolute Gasteiger partial charge is 0.140 e. The first-order chi connectivity index (χ1) is 9.90. The normalized spacial score (nSPS) is 12.2. The molecule has 1 aromatic carbocycles. The van der Waals surface area contributed by atoms with Crippen molar-refractivity contribution in [3.8, 4) is 11.4 Å². The quantitative estimate of drug-likeness (QED) is 0.787. The van der Waals surface area contributed by atoms with Gasteiger partial charge in [0.05, 0.1) is 6.04 Å². The van der Waals surface area contributed by atoms with Crippen LogP contribution in [-0.4, -0.2) is 21.1 Å². The van der Waals surface area contributed by atoms with Crippen LogP contribution in [-0.2, 0) is 0 Å². The van der Waals surface area contributed by atoms with Gasteiger partial charge in [-0.2, -0.15) is 0 Å². The van der Waals surface area contributed by atoms with Crippen LogP contribution in [0.3, 0.4) is 0 Å². The Morgan fingerprint density at radius 2 is 1.75 bits per heavy atom. The number of hydrogen-bond acceptors (Lipinski definition) is 3. The third-order valence-corrected chi connectivity index (χ3v) is 3.35. The number of rotatable bonds is 4. The van der Waals surface area contributed by atoms with E-state index in [-0.39, 0.29) is 6.04 Å². The monoisotopic (exact) mass is 264 g/mol. The van der Waals surface area contributed by atoms with Crippen LogP contribution in [0.2, 0.25) is 0 Å². The minimum atomic E-state index is 0.0655. The molecule has 0 saturated carbocycles. The molecular weight excluding hydrogens is 248 g/mol. The molecule has 4 nitrogen and oxygen atoms in total. The maximum Gasteiger partial charge on any atom is 0.140 e. The molecule has 0 aliphatic heterocycles. The zero-order chi connectivity index (χ0) is 13.8. The molecule has 2 aromatic heterocycles. The van der Waals surface area contributed by atoms with Crippen molar-refractivity contribution < 1.29 is 0 Å². The van der Waals surface area contributed by atoms with Crippen LogP contribution in [0.15, 0.2) is 67.3 Å². The summed E-state index contributed by atoms with van der Waals surface area (Å²) < 4.78 is 2.12. The summed E-state index contributed by atoms with van der Waals surface area (Å²) in [5.41, 5.74) is 8.20. The van der Waals surface area contributed by atoms with Crippen molar-refractivity contribution in [1.82, 2.24) is 14.5 Å². The molecule has 20 heavy (non-hydrogen) atoms. The van der Waals surface area contributed by atoms with Crippen LogP contribution < -0.4 is 5.73 Å². The summed E-state index contributed by atoms with van der Waals surface area (Å²) in [6, 6.07) is 14.2. The second kappa shape index (κ2) is 5.67. The van der Waals surface area contributed by atoms with E-state index < -0.39 is 0 Å². The Labute approximate surface area is 117 Å². The fraction of sp³-hybridized carbons (Fsp3) is 0.125. The van der Waals surface area contributed by atoms with Crippen LogP contribution in [0.25, 0.3) is 11.4 Å². The molecule has 0 radical (unpaired) electrons. The van der Waals surface area contributed by atoms with Gasteiger partial charge in [-0.15, -0.1) is 0 Å². The summed E-state index contributed by atoms with van der Waals surface area (Å²) in [4.78, 5) is 8.53. The predicted octanol–water partition coefficient (Wildman–Crippen LogP) is 2.49. The van der Waals surface area contributed by atoms with Crippen LogP contribution in [0.5, 0.6) is 0 Å². The average molecular weight is 264 g/mol.